The van der Waals surface area contributed by atoms with Gasteiger partial charge in [0.25, 0.3) is 0 Å². The van der Waals surface area contributed by atoms with E-state index >= 15 is 0 Å². The molecular weight excluding hydrogens is 282 g/mol. The molecule has 1 aliphatic rings. The highest BCUT2D eigenvalue weighted by Crippen LogP contribution is 2.22. The summed E-state index contributed by atoms with van der Waals surface area (Å²) in [5, 5.41) is 11.0. The normalized spacial score (nSPS) is 22.5. The second kappa shape index (κ2) is 6.07. The number of hydrogen-bond acceptors (Lipinski definition) is 5. The van der Waals surface area contributed by atoms with Crippen molar-refractivity contribution in [2.45, 2.75) is 30.8 Å². The summed E-state index contributed by atoms with van der Waals surface area (Å²) in [4.78, 5) is 8.14. The zero-order valence-corrected chi connectivity index (χ0v) is 13.4. The van der Waals surface area contributed by atoms with Crippen LogP contribution in [0, 0.1) is 0 Å². The topological polar surface area (TPSA) is 56.8 Å². The molecule has 112 valence electrons. The molecule has 1 aromatic heterocycles. The lowest BCUT2D eigenvalue weighted by Gasteiger charge is -2.35. The van der Waals surface area contributed by atoms with Crippen molar-refractivity contribution in [3.63, 3.8) is 0 Å². The fourth-order valence-corrected chi connectivity index (χ4v) is 3.17. The van der Waals surface area contributed by atoms with Gasteiger partial charge in [0, 0.05) is 35.6 Å². The van der Waals surface area contributed by atoms with Crippen LogP contribution in [0.1, 0.15) is 13.8 Å². The average molecular weight is 303 g/mol. The second-order valence-corrected chi connectivity index (χ2v) is 6.47. The van der Waals surface area contributed by atoms with Gasteiger partial charge < -0.3 is 10.2 Å². The maximum atomic E-state index is 4.65. The van der Waals surface area contributed by atoms with E-state index in [1.165, 1.54) is 4.90 Å². The third-order valence-electron chi connectivity index (χ3n) is 3.68. The maximum Gasteiger partial charge on any atom is 0.245 e. The second-order valence-electron chi connectivity index (χ2n) is 5.59. The number of aromatic amines is 1. The average Bonchev–Trinajstić information content (AvgIpc) is 2.96. The van der Waals surface area contributed by atoms with E-state index in [0.717, 1.165) is 30.4 Å². The SMILES string of the molecule is CSc1ccc(-c2nc(N3CC(C)NC(C)C3)n[nH]2)cc1. The minimum Gasteiger partial charge on any atom is -0.336 e. The van der Waals surface area contributed by atoms with Crippen LogP contribution in [-0.4, -0.2) is 46.6 Å². The first-order valence-electron chi connectivity index (χ1n) is 7.23. The Kier molecular flexibility index (Phi) is 4.17. The molecule has 2 aromatic rings. The van der Waals surface area contributed by atoms with Crippen molar-refractivity contribution in [3.05, 3.63) is 24.3 Å². The Morgan fingerprint density at radius 1 is 1.14 bits per heavy atom. The van der Waals surface area contributed by atoms with Crippen LogP contribution in [0.15, 0.2) is 29.2 Å². The molecule has 1 aromatic carbocycles. The Morgan fingerprint density at radius 3 is 2.43 bits per heavy atom. The summed E-state index contributed by atoms with van der Waals surface area (Å²) in [7, 11) is 0. The Bertz CT molecular complexity index is 584. The number of nitrogens with zero attached hydrogens (tertiary/aromatic N) is 3. The highest BCUT2D eigenvalue weighted by atomic mass is 32.2. The number of hydrogen-bond donors (Lipinski definition) is 2. The molecule has 2 heterocycles. The lowest BCUT2D eigenvalue weighted by atomic mass is 10.1. The predicted molar refractivity (Wildman–Crippen MR) is 87.9 cm³/mol. The number of benzene rings is 1. The molecule has 0 amide bonds. The first-order valence-corrected chi connectivity index (χ1v) is 8.46. The molecule has 0 aliphatic carbocycles. The number of rotatable bonds is 3. The van der Waals surface area contributed by atoms with Crippen molar-refractivity contribution in [2.24, 2.45) is 0 Å². The first kappa shape index (κ1) is 14.4. The van der Waals surface area contributed by atoms with Gasteiger partial charge in [0.05, 0.1) is 0 Å². The molecule has 1 saturated heterocycles. The molecule has 2 N–H and O–H groups in total. The number of thioether (sulfide) groups is 1. The summed E-state index contributed by atoms with van der Waals surface area (Å²) in [5.41, 5.74) is 1.07. The van der Waals surface area contributed by atoms with Crippen molar-refractivity contribution in [1.82, 2.24) is 20.5 Å². The minimum absolute atomic E-state index is 0.455. The zero-order chi connectivity index (χ0) is 14.8. The zero-order valence-electron chi connectivity index (χ0n) is 12.6. The van der Waals surface area contributed by atoms with Gasteiger partial charge in [-0.3, -0.25) is 5.10 Å². The van der Waals surface area contributed by atoms with Gasteiger partial charge >= 0.3 is 0 Å². The van der Waals surface area contributed by atoms with E-state index in [-0.39, 0.29) is 0 Å². The molecule has 1 fully saturated rings. The van der Waals surface area contributed by atoms with Gasteiger partial charge in [-0.2, -0.15) is 4.98 Å². The molecule has 0 spiro atoms. The maximum absolute atomic E-state index is 4.65. The van der Waals surface area contributed by atoms with Gasteiger partial charge in [0.15, 0.2) is 5.82 Å². The van der Waals surface area contributed by atoms with Gasteiger partial charge in [-0.25, -0.2) is 0 Å². The monoisotopic (exact) mass is 303 g/mol. The molecule has 0 bridgehead atoms. The van der Waals surface area contributed by atoms with Crippen LogP contribution >= 0.6 is 11.8 Å². The number of nitrogens with one attached hydrogen (secondary N) is 2. The van der Waals surface area contributed by atoms with Gasteiger partial charge in [-0.05, 0) is 32.2 Å². The Balaban J connectivity index is 1.79. The summed E-state index contributed by atoms with van der Waals surface area (Å²) < 4.78 is 0. The molecule has 0 radical (unpaired) electrons. The van der Waals surface area contributed by atoms with E-state index in [0.29, 0.717) is 12.1 Å². The Hall–Kier alpha value is -1.53. The number of H-pyrrole nitrogens is 1. The van der Waals surface area contributed by atoms with E-state index in [2.05, 4.69) is 69.8 Å². The summed E-state index contributed by atoms with van der Waals surface area (Å²) >= 11 is 1.74. The molecule has 1 aliphatic heterocycles. The van der Waals surface area contributed by atoms with E-state index in [4.69, 9.17) is 0 Å². The first-order chi connectivity index (χ1) is 10.2. The highest BCUT2D eigenvalue weighted by Gasteiger charge is 2.23. The summed E-state index contributed by atoms with van der Waals surface area (Å²) in [5.74, 6) is 1.62. The molecular formula is C15H21N5S. The van der Waals surface area contributed by atoms with Crippen LogP contribution in [0.5, 0.6) is 0 Å². The van der Waals surface area contributed by atoms with E-state index < -0.39 is 0 Å². The molecule has 2 unspecified atom stereocenters. The van der Waals surface area contributed by atoms with Crippen LogP contribution in [0.3, 0.4) is 0 Å². The van der Waals surface area contributed by atoms with Crippen LogP contribution in [0.25, 0.3) is 11.4 Å². The van der Waals surface area contributed by atoms with Crippen LogP contribution in [-0.2, 0) is 0 Å². The molecule has 6 heteroatoms. The third-order valence-corrected chi connectivity index (χ3v) is 4.42. The van der Waals surface area contributed by atoms with E-state index in [1.54, 1.807) is 11.8 Å². The fraction of sp³-hybridized carbons (Fsp3) is 0.467. The van der Waals surface area contributed by atoms with Gasteiger partial charge in [0.1, 0.15) is 0 Å². The third kappa shape index (κ3) is 3.22. The van der Waals surface area contributed by atoms with Gasteiger partial charge in [0.2, 0.25) is 5.95 Å². The van der Waals surface area contributed by atoms with Crippen molar-refractivity contribution >= 4 is 17.7 Å². The quantitative estimate of drug-likeness (QED) is 0.853. The van der Waals surface area contributed by atoms with Crippen LogP contribution < -0.4 is 10.2 Å². The summed E-state index contributed by atoms with van der Waals surface area (Å²) in [6, 6.07) is 9.29. The summed E-state index contributed by atoms with van der Waals surface area (Å²) in [6.45, 7) is 6.26. The van der Waals surface area contributed by atoms with Crippen molar-refractivity contribution in [3.8, 4) is 11.4 Å². The van der Waals surface area contributed by atoms with Crippen molar-refractivity contribution < 1.29 is 0 Å². The lowest BCUT2D eigenvalue weighted by Crippen LogP contribution is -2.54. The lowest BCUT2D eigenvalue weighted by molar-refractivity contribution is 0.403. The smallest absolute Gasteiger partial charge is 0.245 e. The summed E-state index contributed by atoms with van der Waals surface area (Å²) in [6.07, 6.45) is 2.08. The fourth-order valence-electron chi connectivity index (χ4n) is 2.76. The number of aromatic nitrogens is 3. The molecule has 5 nitrogen and oxygen atoms in total. The van der Waals surface area contributed by atoms with Crippen LogP contribution in [0.4, 0.5) is 5.95 Å². The largest absolute Gasteiger partial charge is 0.336 e. The standard InChI is InChI=1S/C15H21N5S/c1-10-8-20(9-11(2)16-10)15-17-14(18-19-15)12-4-6-13(21-3)7-5-12/h4-7,10-11,16H,8-9H2,1-3H3,(H,17,18,19). The number of anilines is 1. The van der Waals surface area contributed by atoms with Gasteiger partial charge in [-0.1, -0.05) is 12.1 Å². The molecule has 3 rings (SSSR count). The minimum atomic E-state index is 0.455. The Morgan fingerprint density at radius 2 is 1.81 bits per heavy atom. The van der Waals surface area contributed by atoms with E-state index in [9.17, 15) is 0 Å². The van der Waals surface area contributed by atoms with Crippen molar-refractivity contribution in [1.29, 1.82) is 0 Å². The highest BCUT2D eigenvalue weighted by molar-refractivity contribution is 7.98. The van der Waals surface area contributed by atoms with Crippen LogP contribution in [0.2, 0.25) is 0 Å². The molecule has 2 atom stereocenters. The molecule has 0 saturated carbocycles. The van der Waals surface area contributed by atoms with E-state index in [1.807, 2.05) is 0 Å². The number of piperazine rings is 1. The Labute approximate surface area is 129 Å². The van der Waals surface area contributed by atoms with Crippen molar-refractivity contribution in [2.75, 3.05) is 24.2 Å². The van der Waals surface area contributed by atoms with Gasteiger partial charge in [-0.15, -0.1) is 16.9 Å². The molecule has 21 heavy (non-hydrogen) atoms. The predicted octanol–water partition coefficient (Wildman–Crippen LogP) is 2.38.